The summed E-state index contributed by atoms with van der Waals surface area (Å²) in [5.41, 5.74) is 1.73. The van der Waals surface area contributed by atoms with E-state index in [9.17, 15) is 4.79 Å². The highest BCUT2D eigenvalue weighted by molar-refractivity contribution is 5.95. The SMILES string of the molecule is CCO[C@@H]1CN(C)C[C@H]1NC(=O)c1cn[nH]c1C1CCCCC1. The second kappa shape index (κ2) is 7.45. The third-order valence-corrected chi connectivity index (χ3v) is 5.07. The maximum absolute atomic E-state index is 12.7. The smallest absolute Gasteiger partial charge is 0.255 e. The van der Waals surface area contributed by atoms with E-state index in [1.165, 1.54) is 19.3 Å². The molecule has 3 rings (SSSR count). The molecule has 0 radical (unpaired) electrons. The first kappa shape index (κ1) is 16.5. The molecule has 0 unspecified atom stereocenters. The molecular formula is C17H28N4O2. The van der Waals surface area contributed by atoms with Gasteiger partial charge in [0.15, 0.2) is 0 Å². The van der Waals surface area contributed by atoms with Crippen LogP contribution >= 0.6 is 0 Å². The third kappa shape index (κ3) is 3.75. The Morgan fingerprint density at radius 2 is 2.17 bits per heavy atom. The predicted octanol–water partition coefficient (Wildman–Crippen LogP) is 1.91. The van der Waals surface area contributed by atoms with Crippen molar-refractivity contribution in [3.8, 4) is 0 Å². The van der Waals surface area contributed by atoms with Gasteiger partial charge in [-0.3, -0.25) is 9.89 Å². The summed E-state index contributed by atoms with van der Waals surface area (Å²) in [6, 6.07) is 0.0431. The van der Waals surface area contributed by atoms with Crippen molar-refractivity contribution in [2.24, 2.45) is 0 Å². The number of amides is 1. The molecule has 1 aliphatic heterocycles. The van der Waals surface area contributed by atoms with Crippen molar-refractivity contribution in [3.63, 3.8) is 0 Å². The Hall–Kier alpha value is -1.40. The summed E-state index contributed by atoms with van der Waals surface area (Å²) >= 11 is 0. The molecule has 128 valence electrons. The van der Waals surface area contributed by atoms with Crippen LogP contribution in [-0.4, -0.2) is 59.9 Å². The van der Waals surface area contributed by atoms with Gasteiger partial charge in [-0.15, -0.1) is 0 Å². The molecule has 0 bridgehead atoms. The molecular weight excluding hydrogens is 292 g/mol. The summed E-state index contributed by atoms with van der Waals surface area (Å²) in [7, 11) is 2.06. The molecule has 1 amide bonds. The first-order valence-electron chi connectivity index (χ1n) is 8.83. The molecule has 6 nitrogen and oxygen atoms in total. The zero-order chi connectivity index (χ0) is 16.2. The molecule has 2 heterocycles. The van der Waals surface area contributed by atoms with Crippen LogP contribution in [0.4, 0.5) is 0 Å². The van der Waals surface area contributed by atoms with E-state index < -0.39 is 0 Å². The molecule has 2 fully saturated rings. The van der Waals surface area contributed by atoms with E-state index in [0.29, 0.717) is 18.1 Å². The molecule has 0 aromatic carbocycles. The largest absolute Gasteiger partial charge is 0.375 e. The van der Waals surface area contributed by atoms with Gasteiger partial charge < -0.3 is 15.0 Å². The minimum atomic E-state index is -0.0238. The maximum atomic E-state index is 12.7. The number of hydrogen-bond acceptors (Lipinski definition) is 4. The minimum Gasteiger partial charge on any atom is -0.375 e. The lowest BCUT2D eigenvalue weighted by atomic mass is 9.85. The number of likely N-dealkylation sites (tertiary alicyclic amines) is 1. The number of likely N-dealkylation sites (N-methyl/N-ethyl adjacent to an activating group) is 1. The highest BCUT2D eigenvalue weighted by Gasteiger charge is 2.33. The normalized spacial score (nSPS) is 26.5. The Labute approximate surface area is 138 Å². The van der Waals surface area contributed by atoms with Crippen LogP contribution in [0.3, 0.4) is 0 Å². The predicted molar refractivity (Wildman–Crippen MR) is 88.6 cm³/mol. The van der Waals surface area contributed by atoms with E-state index >= 15 is 0 Å². The summed E-state index contributed by atoms with van der Waals surface area (Å²) < 4.78 is 5.77. The topological polar surface area (TPSA) is 70.2 Å². The number of H-pyrrole nitrogens is 1. The highest BCUT2D eigenvalue weighted by atomic mass is 16.5. The highest BCUT2D eigenvalue weighted by Crippen LogP contribution is 2.33. The van der Waals surface area contributed by atoms with Crippen LogP contribution in [-0.2, 0) is 4.74 Å². The van der Waals surface area contributed by atoms with E-state index in [1.807, 2.05) is 6.92 Å². The Bertz CT molecular complexity index is 524. The third-order valence-electron chi connectivity index (χ3n) is 5.07. The fourth-order valence-corrected chi connectivity index (χ4v) is 3.91. The van der Waals surface area contributed by atoms with Gasteiger partial charge in [-0.1, -0.05) is 19.3 Å². The number of nitrogens with one attached hydrogen (secondary N) is 2. The van der Waals surface area contributed by atoms with Crippen molar-refractivity contribution in [2.45, 2.75) is 57.1 Å². The molecule has 2 aliphatic rings. The molecule has 2 N–H and O–H groups in total. The zero-order valence-corrected chi connectivity index (χ0v) is 14.2. The molecule has 1 aliphatic carbocycles. The summed E-state index contributed by atoms with van der Waals surface area (Å²) in [5, 5.41) is 10.4. The molecule has 1 aromatic heterocycles. The molecule has 1 aromatic rings. The quantitative estimate of drug-likeness (QED) is 0.869. The van der Waals surface area contributed by atoms with Crippen molar-refractivity contribution < 1.29 is 9.53 Å². The van der Waals surface area contributed by atoms with Gasteiger partial charge in [0, 0.05) is 25.6 Å². The Balaban J connectivity index is 1.67. The van der Waals surface area contributed by atoms with E-state index in [0.717, 1.165) is 31.6 Å². The fraction of sp³-hybridized carbons (Fsp3) is 0.765. The van der Waals surface area contributed by atoms with Crippen LogP contribution in [0.5, 0.6) is 0 Å². The molecule has 1 saturated heterocycles. The maximum Gasteiger partial charge on any atom is 0.255 e. The Morgan fingerprint density at radius 3 is 2.91 bits per heavy atom. The van der Waals surface area contributed by atoms with Gasteiger partial charge >= 0.3 is 0 Å². The van der Waals surface area contributed by atoms with E-state index in [2.05, 4.69) is 27.5 Å². The molecule has 0 spiro atoms. The van der Waals surface area contributed by atoms with Crippen LogP contribution in [0.15, 0.2) is 6.20 Å². The van der Waals surface area contributed by atoms with Gasteiger partial charge in [0.2, 0.25) is 0 Å². The summed E-state index contributed by atoms with van der Waals surface area (Å²) in [6.07, 6.45) is 7.82. The number of carbonyl (C=O) groups excluding carboxylic acids is 1. The average molecular weight is 320 g/mol. The number of hydrogen-bond donors (Lipinski definition) is 2. The first-order chi connectivity index (χ1) is 11.2. The molecule has 6 heteroatoms. The average Bonchev–Trinajstić information content (AvgIpc) is 3.16. The summed E-state index contributed by atoms with van der Waals surface area (Å²) in [4.78, 5) is 14.9. The molecule has 23 heavy (non-hydrogen) atoms. The lowest BCUT2D eigenvalue weighted by molar-refractivity contribution is 0.0513. The van der Waals surface area contributed by atoms with Gasteiger partial charge in [-0.25, -0.2) is 0 Å². The Kier molecular flexibility index (Phi) is 5.33. The van der Waals surface area contributed by atoms with Crippen LogP contribution < -0.4 is 5.32 Å². The first-order valence-corrected chi connectivity index (χ1v) is 8.83. The number of nitrogens with zero attached hydrogens (tertiary/aromatic N) is 2. The van der Waals surface area contributed by atoms with Gasteiger partial charge in [0.05, 0.1) is 29.6 Å². The lowest BCUT2D eigenvalue weighted by Gasteiger charge is -2.23. The van der Waals surface area contributed by atoms with Crippen molar-refractivity contribution in [2.75, 3.05) is 26.7 Å². The number of rotatable bonds is 5. The second-order valence-corrected chi connectivity index (χ2v) is 6.83. The van der Waals surface area contributed by atoms with Crippen molar-refractivity contribution in [3.05, 3.63) is 17.5 Å². The van der Waals surface area contributed by atoms with Gasteiger partial charge in [0.25, 0.3) is 5.91 Å². The van der Waals surface area contributed by atoms with E-state index in [1.54, 1.807) is 6.20 Å². The van der Waals surface area contributed by atoms with Crippen molar-refractivity contribution >= 4 is 5.91 Å². The minimum absolute atomic E-state index is 0.0238. The second-order valence-electron chi connectivity index (χ2n) is 6.83. The number of carbonyl (C=O) groups is 1. The van der Waals surface area contributed by atoms with E-state index in [4.69, 9.17) is 4.74 Å². The van der Waals surface area contributed by atoms with Crippen LogP contribution in [0.2, 0.25) is 0 Å². The Morgan fingerprint density at radius 1 is 1.39 bits per heavy atom. The van der Waals surface area contributed by atoms with Crippen LogP contribution in [0.1, 0.15) is 61.0 Å². The lowest BCUT2D eigenvalue weighted by Crippen LogP contribution is -2.44. The van der Waals surface area contributed by atoms with Crippen molar-refractivity contribution in [1.82, 2.24) is 20.4 Å². The van der Waals surface area contributed by atoms with Gasteiger partial charge in [-0.2, -0.15) is 5.10 Å². The van der Waals surface area contributed by atoms with E-state index in [-0.39, 0.29) is 18.1 Å². The van der Waals surface area contributed by atoms with Crippen molar-refractivity contribution in [1.29, 1.82) is 0 Å². The van der Waals surface area contributed by atoms with Gasteiger partial charge in [-0.05, 0) is 26.8 Å². The summed E-state index contributed by atoms with van der Waals surface area (Å²) in [6.45, 7) is 4.35. The number of ether oxygens (including phenoxy) is 1. The molecule has 1 saturated carbocycles. The molecule has 2 atom stereocenters. The summed E-state index contributed by atoms with van der Waals surface area (Å²) in [5.74, 6) is 0.422. The number of aromatic nitrogens is 2. The fourth-order valence-electron chi connectivity index (χ4n) is 3.91. The standard InChI is InChI=1S/C17H28N4O2/c1-3-23-15-11-21(2)10-14(15)19-17(22)13-9-18-20-16(13)12-7-5-4-6-8-12/h9,12,14-15H,3-8,10-11H2,1-2H3,(H,18,20)(H,19,22)/t14-,15-/m1/s1. The van der Waals surface area contributed by atoms with Gasteiger partial charge in [0.1, 0.15) is 0 Å². The van der Waals surface area contributed by atoms with Crippen LogP contribution in [0, 0.1) is 0 Å². The monoisotopic (exact) mass is 320 g/mol. The van der Waals surface area contributed by atoms with Crippen LogP contribution in [0.25, 0.3) is 0 Å². The zero-order valence-electron chi connectivity index (χ0n) is 14.2. The number of aromatic amines is 1.